The van der Waals surface area contributed by atoms with Crippen LogP contribution in [0.5, 0.6) is 0 Å². The fourth-order valence-electron chi connectivity index (χ4n) is 3.64. The number of carboxylic acids is 1. The van der Waals surface area contributed by atoms with Gasteiger partial charge in [-0.3, -0.25) is 18.9 Å². The van der Waals surface area contributed by atoms with Gasteiger partial charge in [-0.25, -0.2) is 0 Å². The Morgan fingerprint density at radius 1 is 0.939 bits per heavy atom. The standard InChI is InChI=1S/C22H16N2O7S.Na.H/c23-20-16(32(29,30)31)10-15(24-12-7-5-11(6-8-12)9-17(25)26)18-19(20)22(28)14-4-2-1-3-13(14)21(18)27;;/h1-8,10,24H,9,23H2,(H,25,26)(H,29,30,31);;. The molecule has 0 aromatic heterocycles. The summed E-state index contributed by atoms with van der Waals surface area (Å²) in [5.41, 5.74) is 6.09. The number of carbonyl (C=O) groups is 3. The average Bonchev–Trinajstić information content (AvgIpc) is 2.73. The summed E-state index contributed by atoms with van der Waals surface area (Å²) in [5.74, 6) is -2.18. The summed E-state index contributed by atoms with van der Waals surface area (Å²) in [7, 11) is -4.81. The number of carbonyl (C=O) groups excluding carboxylic acids is 2. The van der Waals surface area contributed by atoms with Crippen LogP contribution in [-0.2, 0) is 21.3 Å². The molecule has 9 nitrogen and oxygen atoms in total. The molecule has 0 amide bonds. The van der Waals surface area contributed by atoms with Crippen molar-refractivity contribution in [1.82, 2.24) is 0 Å². The van der Waals surface area contributed by atoms with E-state index in [1.54, 1.807) is 24.3 Å². The van der Waals surface area contributed by atoms with E-state index >= 15 is 0 Å². The topological polar surface area (TPSA) is 164 Å². The minimum absolute atomic E-state index is 0. The van der Waals surface area contributed by atoms with Gasteiger partial charge in [0.25, 0.3) is 10.1 Å². The first-order valence-electron chi connectivity index (χ1n) is 9.28. The van der Waals surface area contributed by atoms with Gasteiger partial charge in [-0.15, -0.1) is 0 Å². The van der Waals surface area contributed by atoms with Crippen molar-refractivity contribution in [3.8, 4) is 0 Å². The van der Waals surface area contributed by atoms with Crippen LogP contribution in [0.1, 0.15) is 37.4 Å². The number of nitrogen functional groups attached to an aromatic ring is 1. The summed E-state index contributed by atoms with van der Waals surface area (Å²) >= 11 is 0. The van der Waals surface area contributed by atoms with Crippen molar-refractivity contribution in [2.24, 2.45) is 0 Å². The Bertz CT molecular complexity index is 1420. The molecular weight excluding hydrogens is 459 g/mol. The van der Waals surface area contributed by atoms with E-state index in [2.05, 4.69) is 5.32 Å². The van der Waals surface area contributed by atoms with Crippen LogP contribution in [0.25, 0.3) is 0 Å². The molecule has 0 radical (unpaired) electrons. The normalized spacial score (nSPS) is 12.4. The molecule has 164 valence electrons. The fraction of sp³-hybridized carbons (Fsp3) is 0.0455. The number of aliphatic carboxylic acids is 1. The number of benzene rings is 3. The molecule has 11 heteroatoms. The Kier molecular flexibility index (Phi) is 6.78. The molecule has 0 fully saturated rings. The Morgan fingerprint density at radius 2 is 1.48 bits per heavy atom. The predicted octanol–water partition coefficient (Wildman–Crippen LogP) is 2.01. The van der Waals surface area contributed by atoms with E-state index in [1.807, 2.05) is 0 Å². The molecule has 0 unspecified atom stereocenters. The second-order valence-electron chi connectivity index (χ2n) is 7.16. The summed E-state index contributed by atoms with van der Waals surface area (Å²) in [6, 6.07) is 13.2. The summed E-state index contributed by atoms with van der Waals surface area (Å²) in [4.78, 5) is 36.5. The number of hydrogen-bond acceptors (Lipinski definition) is 7. The zero-order chi connectivity index (χ0) is 23.2. The maximum atomic E-state index is 13.2. The molecular formula is C22H17N2NaO7S. The van der Waals surface area contributed by atoms with Gasteiger partial charge in [-0.2, -0.15) is 8.42 Å². The number of carboxylic acid groups (broad SMARTS) is 1. The summed E-state index contributed by atoms with van der Waals surface area (Å²) in [6.45, 7) is 0. The van der Waals surface area contributed by atoms with E-state index in [1.165, 1.54) is 24.3 Å². The Balaban J connectivity index is 0.00000306. The number of ketones is 2. The Hall–Kier alpha value is -3.02. The van der Waals surface area contributed by atoms with Gasteiger partial charge in [0.1, 0.15) is 4.90 Å². The van der Waals surface area contributed by atoms with Crippen LogP contribution in [0.4, 0.5) is 17.1 Å². The van der Waals surface area contributed by atoms with E-state index in [4.69, 9.17) is 10.8 Å². The molecule has 3 aromatic rings. The van der Waals surface area contributed by atoms with E-state index in [-0.39, 0.29) is 63.9 Å². The van der Waals surface area contributed by atoms with Gasteiger partial charge in [-0.1, -0.05) is 36.4 Å². The van der Waals surface area contributed by atoms with E-state index < -0.39 is 38.2 Å². The molecule has 0 heterocycles. The second kappa shape index (κ2) is 9.08. The molecule has 3 aromatic carbocycles. The zero-order valence-corrected chi connectivity index (χ0v) is 17.1. The predicted molar refractivity (Wildman–Crippen MR) is 122 cm³/mol. The van der Waals surface area contributed by atoms with Crippen molar-refractivity contribution in [3.63, 3.8) is 0 Å². The van der Waals surface area contributed by atoms with Gasteiger partial charge >= 0.3 is 35.5 Å². The van der Waals surface area contributed by atoms with Gasteiger partial charge in [-0.05, 0) is 23.8 Å². The first-order valence-corrected chi connectivity index (χ1v) is 10.7. The Morgan fingerprint density at radius 3 is 2.00 bits per heavy atom. The molecule has 33 heavy (non-hydrogen) atoms. The summed E-state index contributed by atoms with van der Waals surface area (Å²) in [5, 5.41) is 11.8. The first-order chi connectivity index (χ1) is 15.1. The third-order valence-corrected chi connectivity index (χ3v) is 5.96. The molecule has 0 saturated carbocycles. The van der Waals surface area contributed by atoms with Crippen molar-refractivity contribution >= 4 is 74.3 Å². The number of nitrogens with two attached hydrogens (primary N) is 1. The van der Waals surface area contributed by atoms with Gasteiger partial charge in [0.2, 0.25) is 0 Å². The third kappa shape index (κ3) is 4.56. The van der Waals surface area contributed by atoms with Crippen LogP contribution < -0.4 is 11.1 Å². The van der Waals surface area contributed by atoms with Crippen LogP contribution in [-0.4, -0.2) is 65.2 Å². The third-order valence-electron chi connectivity index (χ3n) is 5.07. The number of fused-ring (bicyclic) bond motifs is 2. The molecule has 0 bridgehead atoms. The van der Waals surface area contributed by atoms with Crippen molar-refractivity contribution in [1.29, 1.82) is 0 Å². The SMILES string of the molecule is Nc1c(S(=O)(=O)O)cc(Nc2ccc(CC(=O)O)cc2)c2c1C(=O)c1ccccc1C2=O.[NaH]. The van der Waals surface area contributed by atoms with Crippen LogP contribution in [0, 0.1) is 0 Å². The number of rotatable bonds is 5. The van der Waals surface area contributed by atoms with Crippen molar-refractivity contribution in [2.75, 3.05) is 11.1 Å². The minimum atomic E-state index is -4.81. The Labute approximate surface area is 210 Å². The summed E-state index contributed by atoms with van der Waals surface area (Å²) in [6.07, 6.45) is -0.186. The van der Waals surface area contributed by atoms with Gasteiger partial charge in [0.05, 0.1) is 28.9 Å². The summed E-state index contributed by atoms with van der Waals surface area (Å²) < 4.78 is 33.5. The number of nitrogens with one attached hydrogen (secondary N) is 1. The van der Waals surface area contributed by atoms with Gasteiger partial charge in [0, 0.05) is 16.8 Å². The fourth-order valence-corrected chi connectivity index (χ4v) is 4.29. The maximum absolute atomic E-state index is 13.2. The van der Waals surface area contributed by atoms with E-state index in [9.17, 15) is 27.4 Å². The molecule has 0 spiro atoms. The first kappa shape index (κ1) is 24.6. The number of anilines is 3. The van der Waals surface area contributed by atoms with Gasteiger partial charge < -0.3 is 16.2 Å². The van der Waals surface area contributed by atoms with E-state index in [0.717, 1.165) is 6.07 Å². The molecule has 5 N–H and O–H groups in total. The van der Waals surface area contributed by atoms with Crippen molar-refractivity contribution in [2.45, 2.75) is 11.3 Å². The molecule has 1 aliphatic carbocycles. The van der Waals surface area contributed by atoms with Crippen LogP contribution in [0.3, 0.4) is 0 Å². The number of hydrogen-bond donors (Lipinski definition) is 4. The van der Waals surface area contributed by atoms with Crippen LogP contribution >= 0.6 is 0 Å². The molecule has 0 saturated heterocycles. The molecule has 0 aliphatic heterocycles. The molecule has 1 aliphatic rings. The van der Waals surface area contributed by atoms with Crippen LogP contribution in [0.2, 0.25) is 0 Å². The zero-order valence-electron chi connectivity index (χ0n) is 16.3. The molecule has 4 rings (SSSR count). The molecule has 0 atom stereocenters. The van der Waals surface area contributed by atoms with Crippen molar-refractivity contribution in [3.05, 3.63) is 82.4 Å². The quantitative estimate of drug-likeness (QED) is 0.192. The average molecular weight is 476 g/mol. The van der Waals surface area contributed by atoms with E-state index in [0.29, 0.717) is 11.3 Å². The van der Waals surface area contributed by atoms with Crippen molar-refractivity contribution < 1.29 is 32.5 Å². The second-order valence-corrected chi connectivity index (χ2v) is 8.55. The van der Waals surface area contributed by atoms with Crippen LogP contribution in [0.15, 0.2) is 59.5 Å². The van der Waals surface area contributed by atoms with Gasteiger partial charge in [0.15, 0.2) is 11.6 Å². The monoisotopic (exact) mass is 476 g/mol.